The molecule has 1 heterocycles. The van der Waals surface area contributed by atoms with Crippen molar-refractivity contribution in [2.45, 2.75) is 6.42 Å². The molecule has 0 bridgehead atoms. The van der Waals surface area contributed by atoms with Crippen LogP contribution in [0, 0.1) is 0 Å². The van der Waals surface area contributed by atoms with E-state index >= 15 is 0 Å². The van der Waals surface area contributed by atoms with Gasteiger partial charge in [0.1, 0.15) is 0 Å². The molecule has 3 heteroatoms. The number of likely N-dealkylation sites (N-methyl/N-ethyl adjacent to an activating group) is 1. The quantitative estimate of drug-likeness (QED) is 0.854. The standard InChI is InChI=1S/C14H18N2O/c1-15-11-14(17)16-9-7-13(8-10-16)12-5-3-2-4-6-12/h2-7,15H,8-11H2,1H3. The molecule has 0 radical (unpaired) electrons. The third-order valence-corrected chi connectivity index (χ3v) is 3.03. The summed E-state index contributed by atoms with van der Waals surface area (Å²) in [5, 5.41) is 2.90. The summed E-state index contributed by atoms with van der Waals surface area (Å²) in [4.78, 5) is 13.6. The van der Waals surface area contributed by atoms with Gasteiger partial charge in [-0.2, -0.15) is 0 Å². The van der Waals surface area contributed by atoms with Crippen molar-refractivity contribution in [3.8, 4) is 0 Å². The largest absolute Gasteiger partial charge is 0.338 e. The first kappa shape index (κ1) is 11.9. The minimum absolute atomic E-state index is 0.177. The lowest BCUT2D eigenvalue weighted by atomic mass is 9.99. The number of nitrogens with one attached hydrogen (secondary N) is 1. The first-order valence-corrected chi connectivity index (χ1v) is 5.98. The Morgan fingerprint density at radius 1 is 1.35 bits per heavy atom. The van der Waals surface area contributed by atoms with Crippen LogP contribution in [0.4, 0.5) is 0 Å². The van der Waals surface area contributed by atoms with Crippen molar-refractivity contribution in [2.75, 3.05) is 26.7 Å². The lowest BCUT2D eigenvalue weighted by Gasteiger charge is -2.26. The molecule has 3 nitrogen and oxygen atoms in total. The van der Waals surface area contributed by atoms with Crippen LogP contribution in [-0.2, 0) is 4.79 Å². The van der Waals surface area contributed by atoms with Crippen LogP contribution in [0.25, 0.3) is 5.57 Å². The van der Waals surface area contributed by atoms with Crippen LogP contribution in [0.1, 0.15) is 12.0 Å². The SMILES string of the molecule is CNCC(=O)N1CC=C(c2ccccc2)CC1. The van der Waals surface area contributed by atoms with E-state index in [-0.39, 0.29) is 5.91 Å². The minimum atomic E-state index is 0.177. The van der Waals surface area contributed by atoms with Crippen LogP contribution in [0.2, 0.25) is 0 Å². The van der Waals surface area contributed by atoms with Gasteiger partial charge in [-0.15, -0.1) is 0 Å². The summed E-state index contributed by atoms with van der Waals surface area (Å²) in [5.41, 5.74) is 2.62. The van der Waals surface area contributed by atoms with E-state index < -0.39 is 0 Å². The fourth-order valence-electron chi connectivity index (χ4n) is 2.07. The lowest BCUT2D eigenvalue weighted by Crippen LogP contribution is -2.39. The number of rotatable bonds is 3. The molecule has 1 amide bonds. The molecule has 90 valence electrons. The Morgan fingerprint density at radius 3 is 2.71 bits per heavy atom. The fraction of sp³-hybridized carbons (Fsp3) is 0.357. The van der Waals surface area contributed by atoms with Gasteiger partial charge in [-0.3, -0.25) is 4.79 Å². The zero-order valence-electron chi connectivity index (χ0n) is 10.1. The number of carbonyl (C=O) groups excluding carboxylic acids is 1. The van der Waals surface area contributed by atoms with Crippen LogP contribution < -0.4 is 5.32 Å². The molecule has 1 aliphatic heterocycles. The van der Waals surface area contributed by atoms with Gasteiger partial charge in [-0.1, -0.05) is 36.4 Å². The Labute approximate surface area is 102 Å². The molecule has 1 aromatic rings. The molecule has 0 fully saturated rings. The first-order chi connectivity index (χ1) is 8.31. The highest BCUT2D eigenvalue weighted by molar-refractivity contribution is 5.80. The number of hydrogen-bond donors (Lipinski definition) is 1. The highest BCUT2D eigenvalue weighted by Crippen LogP contribution is 2.21. The summed E-state index contributed by atoms with van der Waals surface area (Å²) < 4.78 is 0. The second-order valence-corrected chi connectivity index (χ2v) is 4.22. The Balaban J connectivity index is 2.00. The molecule has 1 aromatic carbocycles. The van der Waals surface area contributed by atoms with Gasteiger partial charge in [0.05, 0.1) is 6.54 Å². The predicted octanol–water partition coefficient (Wildman–Crippen LogP) is 1.52. The van der Waals surface area contributed by atoms with Crippen LogP contribution in [0.15, 0.2) is 36.4 Å². The topological polar surface area (TPSA) is 32.3 Å². The van der Waals surface area contributed by atoms with Crippen molar-refractivity contribution in [2.24, 2.45) is 0 Å². The molecular weight excluding hydrogens is 212 g/mol. The van der Waals surface area contributed by atoms with Gasteiger partial charge < -0.3 is 10.2 Å². The Bertz CT molecular complexity index is 411. The normalized spacial score (nSPS) is 15.6. The Hall–Kier alpha value is -1.61. The monoisotopic (exact) mass is 230 g/mol. The molecule has 0 spiro atoms. The van der Waals surface area contributed by atoms with E-state index in [0.29, 0.717) is 6.54 Å². The van der Waals surface area contributed by atoms with E-state index in [1.54, 1.807) is 7.05 Å². The summed E-state index contributed by atoms with van der Waals surface area (Å²) in [6, 6.07) is 10.4. The third kappa shape index (κ3) is 2.94. The van der Waals surface area contributed by atoms with Crippen LogP contribution >= 0.6 is 0 Å². The number of benzene rings is 1. The van der Waals surface area contributed by atoms with Crippen molar-refractivity contribution >= 4 is 11.5 Å². The van der Waals surface area contributed by atoms with E-state index in [0.717, 1.165) is 19.5 Å². The number of nitrogens with zero attached hydrogens (tertiary/aromatic N) is 1. The zero-order chi connectivity index (χ0) is 12.1. The van der Waals surface area contributed by atoms with Crippen LogP contribution in [0.5, 0.6) is 0 Å². The molecule has 17 heavy (non-hydrogen) atoms. The third-order valence-electron chi connectivity index (χ3n) is 3.03. The summed E-state index contributed by atoms with van der Waals surface area (Å²) in [6.45, 7) is 1.97. The average molecular weight is 230 g/mol. The van der Waals surface area contributed by atoms with Gasteiger partial charge in [0.25, 0.3) is 0 Å². The second-order valence-electron chi connectivity index (χ2n) is 4.22. The molecule has 1 aliphatic rings. The van der Waals surface area contributed by atoms with E-state index in [1.165, 1.54) is 11.1 Å². The molecule has 0 aliphatic carbocycles. The molecule has 0 aromatic heterocycles. The van der Waals surface area contributed by atoms with Gasteiger partial charge >= 0.3 is 0 Å². The highest BCUT2D eigenvalue weighted by atomic mass is 16.2. The van der Waals surface area contributed by atoms with Gasteiger partial charge in [-0.25, -0.2) is 0 Å². The Kier molecular flexibility index (Phi) is 3.94. The predicted molar refractivity (Wildman–Crippen MR) is 69.5 cm³/mol. The van der Waals surface area contributed by atoms with Gasteiger partial charge in [0.15, 0.2) is 0 Å². The zero-order valence-corrected chi connectivity index (χ0v) is 10.1. The highest BCUT2D eigenvalue weighted by Gasteiger charge is 2.16. The first-order valence-electron chi connectivity index (χ1n) is 5.98. The van der Waals surface area contributed by atoms with Crippen molar-refractivity contribution in [3.05, 3.63) is 42.0 Å². The lowest BCUT2D eigenvalue weighted by molar-refractivity contribution is -0.129. The minimum Gasteiger partial charge on any atom is -0.338 e. The number of carbonyl (C=O) groups is 1. The van der Waals surface area contributed by atoms with Crippen LogP contribution in [-0.4, -0.2) is 37.5 Å². The van der Waals surface area contributed by atoms with Crippen molar-refractivity contribution < 1.29 is 4.79 Å². The molecule has 1 N–H and O–H groups in total. The van der Waals surface area contributed by atoms with Crippen LogP contribution in [0.3, 0.4) is 0 Å². The fourth-order valence-corrected chi connectivity index (χ4v) is 2.07. The molecule has 0 saturated carbocycles. The smallest absolute Gasteiger partial charge is 0.236 e. The summed E-state index contributed by atoms with van der Waals surface area (Å²) in [5.74, 6) is 0.177. The number of amides is 1. The van der Waals surface area contributed by atoms with E-state index in [2.05, 4.69) is 35.7 Å². The summed E-state index contributed by atoms with van der Waals surface area (Å²) in [6.07, 6.45) is 3.10. The Morgan fingerprint density at radius 2 is 2.12 bits per heavy atom. The van der Waals surface area contributed by atoms with Gasteiger partial charge in [-0.05, 0) is 24.6 Å². The van der Waals surface area contributed by atoms with Gasteiger partial charge in [0, 0.05) is 13.1 Å². The van der Waals surface area contributed by atoms with Crippen molar-refractivity contribution in [1.29, 1.82) is 0 Å². The van der Waals surface area contributed by atoms with E-state index in [1.807, 2.05) is 11.0 Å². The number of hydrogen-bond acceptors (Lipinski definition) is 2. The maximum absolute atomic E-state index is 11.7. The average Bonchev–Trinajstić information content (AvgIpc) is 2.40. The van der Waals surface area contributed by atoms with E-state index in [9.17, 15) is 4.79 Å². The summed E-state index contributed by atoms with van der Waals surface area (Å²) >= 11 is 0. The molecule has 0 unspecified atom stereocenters. The summed E-state index contributed by atoms with van der Waals surface area (Å²) in [7, 11) is 1.80. The van der Waals surface area contributed by atoms with E-state index in [4.69, 9.17) is 0 Å². The van der Waals surface area contributed by atoms with Gasteiger partial charge in [0.2, 0.25) is 5.91 Å². The van der Waals surface area contributed by atoms with Crippen molar-refractivity contribution in [1.82, 2.24) is 10.2 Å². The second kappa shape index (κ2) is 5.64. The maximum Gasteiger partial charge on any atom is 0.236 e. The molecule has 2 rings (SSSR count). The maximum atomic E-state index is 11.7. The molecule has 0 saturated heterocycles. The van der Waals surface area contributed by atoms with Crippen molar-refractivity contribution in [3.63, 3.8) is 0 Å². The molecular formula is C14H18N2O. The molecule has 0 atom stereocenters.